The van der Waals surface area contributed by atoms with Crippen molar-refractivity contribution in [2.24, 2.45) is 4.99 Å². The summed E-state index contributed by atoms with van der Waals surface area (Å²) in [4.78, 5) is 32.0. The first kappa shape index (κ1) is 25.5. The predicted octanol–water partition coefficient (Wildman–Crippen LogP) is 5.36. The van der Waals surface area contributed by atoms with Gasteiger partial charge in [0.25, 0.3) is 0 Å². The molecule has 2 amide bonds. The van der Waals surface area contributed by atoms with Gasteiger partial charge in [-0.1, -0.05) is 12.1 Å². The normalized spacial score (nSPS) is 16.9. The number of fused-ring (bicyclic) bond motifs is 4. The maximum atomic E-state index is 14.4. The molecule has 5 heterocycles. The number of nitrogens with one attached hydrogen (secondary N) is 1. The molecule has 1 fully saturated rings. The lowest BCUT2D eigenvalue weighted by molar-refractivity contribution is -0.137. The molecule has 4 aromatic rings. The molecule has 41 heavy (non-hydrogen) atoms. The van der Waals surface area contributed by atoms with Crippen molar-refractivity contribution in [2.75, 3.05) is 43.0 Å². The Kier molecular flexibility index (Phi) is 5.93. The van der Waals surface area contributed by atoms with E-state index >= 15 is 0 Å². The Morgan fingerprint density at radius 1 is 0.976 bits per heavy atom. The highest BCUT2D eigenvalue weighted by molar-refractivity contribution is 6.08. The van der Waals surface area contributed by atoms with E-state index in [1.807, 2.05) is 36.5 Å². The lowest BCUT2D eigenvalue weighted by atomic mass is 10.0. The van der Waals surface area contributed by atoms with Crippen molar-refractivity contribution in [3.8, 4) is 11.3 Å². The van der Waals surface area contributed by atoms with E-state index in [1.165, 1.54) is 15.9 Å². The van der Waals surface area contributed by atoms with Crippen LogP contribution in [0.5, 0.6) is 0 Å². The second-order valence-electron chi connectivity index (χ2n) is 10.5. The smallest absolute Gasteiger partial charge is 0.368 e. The third-order valence-electron chi connectivity index (χ3n) is 7.85. The van der Waals surface area contributed by atoms with Crippen LogP contribution in [0.25, 0.3) is 22.3 Å². The van der Waals surface area contributed by atoms with Crippen LogP contribution in [0.4, 0.5) is 35.0 Å². The van der Waals surface area contributed by atoms with E-state index in [-0.39, 0.29) is 17.9 Å². The van der Waals surface area contributed by atoms with Gasteiger partial charge in [-0.15, -0.1) is 0 Å². The number of nitrogens with zero attached hydrogens (tertiary/aromatic N) is 6. The Labute approximate surface area is 234 Å². The van der Waals surface area contributed by atoms with Crippen LogP contribution in [0.2, 0.25) is 0 Å². The van der Waals surface area contributed by atoms with Crippen LogP contribution in [0, 0.1) is 0 Å². The van der Waals surface area contributed by atoms with E-state index in [4.69, 9.17) is 4.98 Å². The van der Waals surface area contributed by atoms with E-state index < -0.39 is 17.8 Å². The van der Waals surface area contributed by atoms with Gasteiger partial charge in [0, 0.05) is 62.5 Å². The van der Waals surface area contributed by atoms with E-state index in [1.54, 1.807) is 24.2 Å². The van der Waals surface area contributed by atoms with Crippen molar-refractivity contribution in [1.82, 2.24) is 20.2 Å². The average Bonchev–Trinajstić information content (AvgIpc) is 3.45. The zero-order chi connectivity index (χ0) is 28.3. The number of benzene rings is 2. The van der Waals surface area contributed by atoms with Gasteiger partial charge in [0.05, 0.1) is 41.2 Å². The lowest BCUT2D eigenvalue weighted by Gasteiger charge is -2.36. The molecule has 0 radical (unpaired) electrons. The minimum atomic E-state index is -4.60. The number of rotatable bonds is 3. The number of alkyl halides is 3. The standard InChI is InChI=1S/C30H26F3N7O/c1-38-17-21-16-36-25-6-5-24(18-2-3-19-14-35-15-20(19)12-18)37-27(25)28(21)40(29(38)41)22-4-7-26(23(13-22)30(31,32)33)39-10-8-34-9-11-39/h2-7,12-13,15-16,34H,8-11,14,17H2,1H3. The number of piperazine rings is 1. The Morgan fingerprint density at radius 3 is 2.61 bits per heavy atom. The van der Waals surface area contributed by atoms with Crippen molar-refractivity contribution in [1.29, 1.82) is 0 Å². The topological polar surface area (TPSA) is 77.0 Å². The Bertz CT molecular complexity index is 1730. The summed E-state index contributed by atoms with van der Waals surface area (Å²) in [5.74, 6) is 0. The first-order chi connectivity index (χ1) is 19.8. The SMILES string of the molecule is CN1Cc2cnc3ccc(-c4ccc5c(c4)C=NC5)nc3c2N(c2ccc(N3CCNCC3)c(C(F)(F)F)c2)C1=O. The summed E-state index contributed by atoms with van der Waals surface area (Å²) in [5, 5.41) is 3.17. The van der Waals surface area contributed by atoms with E-state index in [0.717, 1.165) is 22.8 Å². The van der Waals surface area contributed by atoms with Gasteiger partial charge in [0.2, 0.25) is 0 Å². The molecule has 3 aliphatic heterocycles. The van der Waals surface area contributed by atoms with Crippen LogP contribution in [0.1, 0.15) is 22.3 Å². The number of carbonyl (C=O) groups is 1. The van der Waals surface area contributed by atoms with Crippen LogP contribution in [-0.4, -0.2) is 60.3 Å². The van der Waals surface area contributed by atoms with Crippen molar-refractivity contribution in [3.05, 3.63) is 77.0 Å². The van der Waals surface area contributed by atoms with Crippen molar-refractivity contribution in [2.45, 2.75) is 19.3 Å². The molecule has 208 valence electrons. The fourth-order valence-electron chi connectivity index (χ4n) is 5.78. The Morgan fingerprint density at radius 2 is 1.80 bits per heavy atom. The van der Waals surface area contributed by atoms with Crippen LogP contribution >= 0.6 is 0 Å². The molecule has 7 rings (SSSR count). The van der Waals surface area contributed by atoms with Gasteiger partial charge in [-0.05, 0) is 47.5 Å². The van der Waals surface area contributed by atoms with E-state index in [2.05, 4.69) is 15.3 Å². The maximum Gasteiger partial charge on any atom is 0.418 e. The number of aliphatic imine (C=N–C) groups is 1. The van der Waals surface area contributed by atoms with Crippen molar-refractivity contribution >= 4 is 40.3 Å². The summed E-state index contributed by atoms with van der Waals surface area (Å²) in [7, 11) is 1.62. The van der Waals surface area contributed by atoms with Gasteiger partial charge < -0.3 is 15.1 Å². The molecule has 0 spiro atoms. The molecule has 2 aromatic heterocycles. The quantitative estimate of drug-likeness (QED) is 0.367. The van der Waals surface area contributed by atoms with Gasteiger partial charge in [-0.2, -0.15) is 13.2 Å². The van der Waals surface area contributed by atoms with Crippen molar-refractivity contribution in [3.63, 3.8) is 0 Å². The minimum absolute atomic E-state index is 0.112. The zero-order valence-corrected chi connectivity index (χ0v) is 22.2. The second-order valence-corrected chi connectivity index (χ2v) is 10.5. The molecule has 0 atom stereocenters. The number of carbonyl (C=O) groups excluding carboxylic acids is 1. The second kappa shape index (κ2) is 9.55. The Balaban J connectivity index is 1.39. The summed E-state index contributed by atoms with van der Waals surface area (Å²) in [6.45, 7) is 3.05. The van der Waals surface area contributed by atoms with Gasteiger partial charge in [0.15, 0.2) is 0 Å². The summed E-state index contributed by atoms with van der Waals surface area (Å²) >= 11 is 0. The number of hydrogen-bond donors (Lipinski definition) is 1. The third-order valence-corrected chi connectivity index (χ3v) is 7.85. The largest absolute Gasteiger partial charge is 0.418 e. The highest BCUT2D eigenvalue weighted by atomic mass is 19.4. The van der Waals surface area contributed by atoms with Crippen LogP contribution in [0.15, 0.2) is 59.7 Å². The molecule has 1 saturated heterocycles. The number of amides is 2. The molecule has 1 N–H and O–H groups in total. The fraction of sp³-hybridized carbons (Fsp3) is 0.267. The van der Waals surface area contributed by atoms with E-state index in [9.17, 15) is 18.0 Å². The number of anilines is 3. The molecule has 0 bridgehead atoms. The third kappa shape index (κ3) is 4.37. The van der Waals surface area contributed by atoms with Gasteiger partial charge >= 0.3 is 12.2 Å². The maximum absolute atomic E-state index is 14.4. The number of halogens is 3. The number of aromatic nitrogens is 2. The first-order valence-electron chi connectivity index (χ1n) is 13.4. The molecule has 3 aliphatic rings. The van der Waals surface area contributed by atoms with Crippen molar-refractivity contribution < 1.29 is 18.0 Å². The molecule has 0 aliphatic carbocycles. The molecule has 0 unspecified atom stereocenters. The van der Waals surface area contributed by atoms with Crippen LogP contribution in [0.3, 0.4) is 0 Å². The highest BCUT2D eigenvalue weighted by Gasteiger charge is 2.38. The molecular formula is C30H26F3N7O. The van der Waals surface area contributed by atoms with Crippen LogP contribution < -0.4 is 15.1 Å². The predicted molar refractivity (Wildman–Crippen MR) is 152 cm³/mol. The molecule has 11 heteroatoms. The molecule has 8 nitrogen and oxygen atoms in total. The monoisotopic (exact) mass is 557 g/mol. The number of hydrogen-bond acceptors (Lipinski definition) is 6. The van der Waals surface area contributed by atoms with Gasteiger partial charge in [-0.3, -0.25) is 14.9 Å². The molecule has 0 saturated carbocycles. The summed E-state index contributed by atoms with van der Waals surface area (Å²) in [6, 6.07) is 13.4. The van der Waals surface area contributed by atoms with E-state index in [0.29, 0.717) is 60.7 Å². The highest BCUT2D eigenvalue weighted by Crippen LogP contribution is 2.44. The molecular weight excluding hydrogens is 531 g/mol. The zero-order valence-electron chi connectivity index (χ0n) is 22.2. The average molecular weight is 558 g/mol. The fourth-order valence-corrected chi connectivity index (χ4v) is 5.78. The first-order valence-corrected chi connectivity index (χ1v) is 13.4. The number of urea groups is 1. The summed E-state index contributed by atoms with van der Waals surface area (Å²) in [6.07, 6.45) is -1.10. The van der Waals surface area contributed by atoms with Gasteiger partial charge in [0.1, 0.15) is 5.52 Å². The molecule has 2 aromatic carbocycles. The lowest BCUT2D eigenvalue weighted by Crippen LogP contribution is -2.44. The van der Waals surface area contributed by atoms with Gasteiger partial charge in [-0.25, -0.2) is 9.78 Å². The summed E-state index contributed by atoms with van der Waals surface area (Å²) in [5.41, 5.74) is 5.33. The summed E-state index contributed by atoms with van der Waals surface area (Å²) < 4.78 is 43.3. The van der Waals surface area contributed by atoms with Crippen LogP contribution in [-0.2, 0) is 19.3 Å². The Hall–Kier alpha value is -4.51. The minimum Gasteiger partial charge on any atom is -0.368 e. The number of pyridine rings is 2.